The molecule has 0 N–H and O–H groups in total. The molecule has 0 atom stereocenters. The van der Waals surface area contributed by atoms with Crippen LogP contribution in [0.1, 0.15) is 45.1 Å². The van der Waals surface area contributed by atoms with E-state index in [4.69, 9.17) is 4.74 Å². The minimum absolute atomic E-state index is 0.121. The van der Waals surface area contributed by atoms with E-state index >= 15 is 0 Å². The fourth-order valence-electron chi connectivity index (χ4n) is 3.43. The van der Waals surface area contributed by atoms with Crippen molar-refractivity contribution < 1.29 is 22.7 Å². The highest BCUT2D eigenvalue weighted by atomic mass is 32.2. The number of sulfonamides is 1. The number of piperidine rings is 1. The van der Waals surface area contributed by atoms with Crippen LogP contribution in [0.5, 0.6) is 0 Å². The number of hydrogen-bond acceptors (Lipinski definition) is 5. The SMILES string of the molecule is CCOC(=O)C1CCN(C(=O)CN(c2ccccc2C(C)C)S(C)(=O)=O)CC1. The van der Waals surface area contributed by atoms with Crippen LogP contribution in [0.25, 0.3) is 0 Å². The summed E-state index contributed by atoms with van der Waals surface area (Å²) in [5, 5.41) is 0. The second-order valence-electron chi connectivity index (χ2n) is 7.39. The van der Waals surface area contributed by atoms with E-state index in [1.807, 2.05) is 26.0 Å². The van der Waals surface area contributed by atoms with Crippen LogP contribution in [-0.2, 0) is 24.3 Å². The van der Waals surface area contributed by atoms with Gasteiger partial charge in [-0.25, -0.2) is 8.42 Å². The first kappa shape index (κ1) is 22.2. The van der Waals surface area contributed by atoms with Crippen molar-refractivity contribution in [3.8, 4) is 0 Å². The topological polar surface area (TPSA) is 84.0 Å². The molecule has 1 aliphatic heterocycles. The number of para-hydroxylation sites is 1. The average molecular weight is 411 g/mol. The number of anilines is 1. The van der Waals surface area contributed by atoms with Crippen LogP contribution in [0.3, 0.4) is 0 Å². The molecule has 0 spiro atoms. The molecule has 0 saturated carbocycles. The molecule has 1 fully saturated rings. The first-order valence-corrected chi connectivity index (χ1v) is 11.5. The van der Waals surface area contributed by atoms with E-state index in [0.29, 0.717) is 38.2 Å². The lowest BCUT2D eigenvalue weighted by atomic mass is 9.97. The first-order chi connectivity index (χ1) is 13.1. The van der Waals surface area contributed by atoms with Gasteiger partial charge in [0.2, 0.25) is 15.9 Å². The van der Waals surface area contributed by atoms with Crippen molar-refractivity contribution in [2.24, 2.45) is 5.92 Å². The lowest BCUT2D eigenvalue weighted by Gasteiger charge is -2.33. The number of rotatable bonds is 7. The normalized spacial score (nSPS) is 15.5. The highest BCUT2D eigenvalue weighted by Gasteiger charge is 2.31. The van der Waals surface area contributed by atoms with Gasteiger partial charge in [-0.15, -0.1) is 0 Å². The van der Waals surface area contributed by atoms with Crippen molar-refractivity contribution in [2.75, 3.05) is 36.8 Å². The molecule has 7 nitrogen and oxygen atoms in total. The number of likely N-dealkylation sites (tertiary alicyclic amines) is 1. The summed E-state index contributed by atoms with van der Waals surface area (Å²) in [5.74, 6) is -0.558. The van der Waals surface area contributed by atoms with Gasteiger partial charge in [-0.05, 0) is 37.3 Å². The summed E-state index contributed by atoms with van der Waals surface area (Å²) >= 11 is 0. The van der Waals surface area contributed by atoms with Gasteiger partial charge in [-0.3, -0.25) is 13.9 Å². The zero-order valence-electron chi connectivity index (χ0n) is 17.1. The molecule has 156 valence electrons. The summed E-state index contributed by atoms with van der Waals surface area (Å²) < 4.78 is 31.1. The van der Waals surface area contributed by atoms with E-state index in [2.05, 4.69) is 0 Å². The summed E-state index contributed by atoms with van der Waals surface area (Å²) in [4.78, 5) is 26.3. The second kappa shape index (κ2) is 9.41. The van der Waals surface area contributed by atoms with Gasteiger partial charge in [0, 0.05) is 13.1 Å². The van der Waals surface area contributed by atoms with Gasteiger partial charge in [0.1, 0.15) is 6.54 Å². The summed E-state index contributed by atoms with van der Waals surface area (Å²) in [7, 11) is -3.63. The Morgan fingerprint density at radius 2 is 1.82 bits per heavy atom. The average Bonchev–Trinajstić information content (AvgIpc) is 2.65. The van der Waals surface area contributed by atoms with Gasteiger partial charge in [0.15, 0.2) is 0 Å². The molecule has 0 bridgehead atoms. The van der Waals surface area contributed by atoms with E-state index in [0.717, 1.165) is 11.8 Å². The quantitative estimate of drug-likeness (QED) is 0.645. The molecule has 1 amide bonds. The van der Waals surface area contributed by atoms with E-state index in [1.165, 1.54) is 4.31 Å². The molecule has 0 aromatic heterocycles. The lowest BCUT2D eigenvalue weighted by molar-refractivity contribution is -0.151. The number of carbonyl (C=O) groups excluding carboxylic acids is 2. The largest absolute Gasteiger partial charge is 0.466 e. The molecular formula is C20H30N2O5S. The Kier molecular flexibility index (Phi) is 7.46. The zero-order valence-corrected chi connectivity index (χ0v) is 17.9. The Labute approximate surface area is 167 Å². The van der Waals surface area contributed by atoms with Crippen molar-refractivity contribution in [2.45, 2.75) is 39.5 Å². The number of nitrogens with zero attached hydrogens (tertiary/aromatic N) is 2. The molecule has 8 heteroatoms. The van der Waals surface area contributed by atoms with Crippen LogP contribution in [0, 0.1) is 5.92 Å². The van der Waals surface area contributed by atoms with Crippen molar-refractivity contribution in [3.05, 3.63) is 29.8 Å². The fourth-order valence-corrected chi connectivity index (χ4v) is 4.30. The predicted octanol–water partition coefficient (Wildman–Crippen LogP) is 2.38. The summed E-state index contributed by atoms with van der Waals surface area (Å²) in [6.45, 7) is 6.69. The van der Waals surface area contributed by atoms with Crippen molar-refractivity contribution >= 4 is 27.6 Å². The minimum atomic E-state index is -3.63. The molecule has 0 unspecified atom stereocenters. The monoisotopic (exact) mass is 410 g/mol. The van der Waals surface area contributed by atoms with Gasteiger partial charge >= 0.3 is 5.97 Å². The molecule has 28 heavy (non-hydrogen) atoms. The summed E-state index contributed by atoms with van der Waals surface area (Å²) in [6, 6.07) is 7.25. The van der Waals surface area contributed by atoms with Gasteiger partial charge in [0.05, 0.1) is 24.5 Å². The first-order valence-electron chi connectivity index (χ1n) is 9.66. The molecule has 0 radical (unpaired) electrons. The van der Waals surface area contributed by atoms with E-state index in [-0.39, 0.29) is 30.3 Å². The molecule has 1 aromatic carbocycles. The molecular weight excluding hydrogens is 380 g/mol. The highest BCUT2D eigenvalue weighted by Crippen LogP contribution is 2.29. The third-order valence-electron chi connectivity index (χ3n) is 4.97. The van der Waals surface area contributed by atoms with Gasteiger partial charge in [0.25, 0.3) is 0 Å². The number of amides is 1. The lowest BCUT2D eigenvalue weighted by Crippen LogP contribution is -2.46. The van der Waals surface area contributed by atoms with Crippen molar-refractivity contribution in [1.82, 2.24) is 4.90 Å². The van der Waals surface area contributed by atoms with E-state index in [9.17, 15) is 18.0 Å². The number of benzene rings is 1. The molecule has 1 aromatic rings. The van der Waals surface area contributed by atoms with Gasteiger partial charge in [-0.2, -0.15) is 0 Å². The van der Waals surface area contributed by atoms with Gasteiger partial charge < -0.3 is 9.64 Å². The Hall–Kier alpha value is -2.09. The fraction of sp³-hybridized carbons (Fsp3) is 0.600. The molecule has 1 saturated heterocycles. The Bertz CT molecular complexity index is 799. The molecule has 2 rings (SSSR count). The maximum Gasteiger partial charge on any atom is 0.309 e. The van der Waals surface area contributed by atoms with Crippen molar-refractivity contribution in [3.63, 3.8) is 0 Å². The number of esters is 1. The van der Waals surface area contributed by atoms with Crippen LogP contribution >= 0.6 is 0 Å². The Morgan fingerprint density at radius 3 is 2.36 bits per heavy atom. The van der Waals surface area contributed by atoms with Crippen LogP contribution < -0.4 is 4.31 Å². The van der Waals surface area contributed by atoms with Gasteiger partial charge in [-0.1, -0.05) is 32.0 Å². The highest BCUT2D eigenvalue weighted by molar-refractivity contribution is 7.92. The molecule has 1 heterocycles. The summed E-state index contributed by atoms with van der Waals surface area (Å²) in [6.07, 6.45) is 2.18. The number of carbonyl (C=O) groups is 2. The maximum atomic E-state index is 12.8. The van der Waals surface area contributed by atoms with Crippen LogP contribution in [-0.4, -0.2) is 57.7 Å². The van der Waals surface area contributed by atoms with E-state index in [1.54, 1.807) is 24.0 Å². The molecule has 0 aliphatic carbocycles. The predicted molar refractivity (Wildman–Crippen MR) is 109 cm³/mol. The minimum Gasteiger partial charge on any atom is -0.466 e. The Morgan fingerprint density at radius 1 is 1.21 bits per heavy atom. The van der Waals surface area contributed by atoms with Crippen LogP contribution in [0.2, 0.25) is 0 Å². The van der Waals surface area contributed by atoms with Crippen molar-refractivity contribution in [1.29, 1.82) is 0 Å². The van der Waals surface area contributed by atoms with Crippen LogP contribution in [0.15, 0.2) is 24.3 Å². The second-order valence-corrected chi connectivity index (χ2v) is 9.30. The van der Waals surface area contributed by atoms with E-state index < -0.39 is 10.0 Å². The Balaban J connectivity index is 2.13. The number of ether oxygens (including phenoxy) is 1. The third-order valence-corrected chi connectivity index (χ3v) is 6.10. The molecule has 1 aliphatic rings. The zero-order chi connectivity index (χ0) is 20.9. The smallest absolute Gasteiger partial charge is 0.309 e. The standard InChI is InChI=1S/C20H30N2O5S/c1-5-27-20(24)16-10-12-21(13-11-16)19(23)14-22(28(4,25)26)18-9-7-6-8-17(18)15(2)3/h6-9,15-16H,5,10-14H2,1-4H3. The maximum absolute atomic E-state index is 12.8. The van der Waals surface area contributed by atoms with Crippen LogP contribution in [0.4, 0.5) is 5.69 Å². The number of hydrogen-bond donors (Lipinski definition) is 0. The third kappa shape index (κ3) is 5.47. The summed E-state index contributed by atoms with van der Waals surface area (Å²) in [5.41, 5.74) is 1.41.